The van der Waals surface area contributed by atoms with Gasteiger partial charge in [-0.15, -0.1) is 0 Å². The van der Waals surface area contributed by atoms with Crippen molar-refractivity contribution >= 4 is 21.6 Å². The first-order valence-electron chi connectivity index (χ1n) is 5.78. The van der Waals surface area contributed by atoms with Crippen LogP contribution in [0.4, 0.5) is 10.1 Å². The van der Waals surface area contributed by atoms with Crippen LogP contribution in [0.1, 0.15) is 11.4 Å². The molecule has 19 heavy (non-hydrogen) atoms. The van der Waals surface area contributed by atoms with E-state index in [9.17, 15) is 4.39 Å². The molecule has 0 fully saturated rings. The van der Waals surface area contributed by atoms with Crippen LogP contribution in [-0.2, 0) is 13.6 Å². The number of rotatable bonds is 4. The molecule has 2 rings (SSSR count). The predicted molar refractivity (Wildman–Crippen MR) is 75.9 cm³/mol. The van der Waals surface area contributed by atoms with E-state index in [1.165, 1.54) is 19.2 Å². The van der Waals surface area contributed by atoms with Crippen LogP contribution in [0, 0.1) is 12.7 Å². The third kappa shape index (κ3) is 2.89. The zero-order valence-electron chi connectivity index (χ0n) is 11.0. The van der Waals surface area contributed by atoms with Gasteiger partial charge in [-0.1, -0.05) is 0 Å². The van der Waals surface area contributed by atoms with Crippen molar-refractivity contribution in [3.05, 3.63) is 39.9 Å². The Balaban J connectivity index is 2.19. The van der Waals surface area contributed by atoms with E-state index in [0.717, 1.165) is 21.5 Å². The number of anilines is 1. The molecule has 0 amide bonds. The van der Waals surface area contributed by atoms with Gasteiger partial charge in [0.15, 0.2) is 0 Å². The molecule has 0 aliphatic rings. The second-order valence-electron chi connectivity index (χ2n) is 4.17. The first kappa shape index (κ1) is 13.9. The summed E-state index contributed by atoms with van der Waals surface area (Å²) in [5, 5.41) is 7.54. The first-order chi connectivity index (χ1) is 9.02. The normalized spacial score (nSPS) is 10.6. The van der Waals surface area contributed by atoms with Crippen LogP contribution in [0.5, 0.6) is 5.75 Å². The number of aromatic nitrogens is 2. The van der Waals surface area contributed by atoms with Crippen LogP contribution in [0.2, 0.25) is 0 Å². The largest absolute Gasteiger partial charge is 0.494 e. The fourth-order valence-electron chi connectivity index (χ4n) is 1.86. The molecule has 1 N–H and O–H groups in total. The molecular weight excluding hydrogens is 313 g/mol. The van der Waals surface area contributed by atoms with Crippen molar-refractivity contribution in [1.29, 1.82) is 0 Å². The molecule has 0 unspecified atom stereocenters. The number of benzene rings is 1. The standard InChI is InChI=1S/C13H15BrFN3O/c1-8-13(14)11(18(2)17-8)7-16-10-5-4-9(15)6-12(10)19-3/h4-6,16H,7H2,1-3H3. The third-order valence-corrected chi connectivity index (χ3v) is 3.90. The van der Waals surface area contributed by atoms with E-state index in [1.807, 2.05) is 18.7 Å². The van der Waals surface area contributed by atoms with Gasteiger partial charge < -0.3 is 10.1 Å². The van der Waals surface area contributed by atoms with Crippen LogP contribution >= 0.6 is 15.9 Å². The maximum Gasteiger partial charge on any atom is 0.144 e. The molecule has 2 aromatic rings. The average molecular weight is 328 g/mol. The maximum absolute atomic E-state index is 13.1. The molecule has 0 aliphatic heterocycles. The molecule has 1 aromatic heterocycles. The molecular formula is C13H15BrFN3O. The quantitative estimate of drug-likeness (QED) is 0.936. The molecule has 0 spiro atoms. The van der Waals surface area contributed by atoms with E-state index in [0.29, 0.717) is 12.3 Å². The summed E-state index contributed by atoms with van der Waals surface area (Å²) in [5.41, 5.74) is 2.70. The predicted octanol–water partition coefficient (Wildman–Crippen LogP) is 3.25. The Labute approximate surface area is 119 Å². The van der Waals surface area contributed by atoms with Crippen molar-refractivity contribution in [3.8, 4) is 5.75 Å². The van der Waals surface area contributed by atoms with Gasteiger partial charge in [0.25, 0.3) is 0 Å². The Hall–Kier alpha value is -1.56. The van der Waals surface area contributed by atoms with Gasteiger partial charge in [-0.3, -0.25) is 4.68 Å². The number of ether oxygens (including phenoxy) is 1. The highest BCUT2D eigenvalue weighted by Gasteiger charge is 2.11. The van der Waals surface area contributed by atoms with Crippen molar-refractivity contribution in [2.75, 3.05) is 12.4 Å². The van der Waals surface area contributed by atoms with E-state index in [2.05, 4.69) is 26.3 Å². The summed E-state index contributed by atoms with van der Waals surface area (Å²) in [6, 6.07) is 4.41. The van der Waals surface area contributed by atoms with Crippen molar-refractivity contribution < 1.29 is 9.13 Å². The van der Waals surface area contributed by atoms with Gasteiger partial charge in [-0.25, -0.2) is 4.39 Å². The third-order valence-electron chi connectivity index (χ3n) is 2.87. The number of hydrogen-bond acceptors (Lipinski definition) is 3. The summed E-state index contributed by atoms with van der Waals surface area (Å²) in [7, 11) is 3.40. The van der Waals surface area contributed by atoms with Crippen molar-refractivity contribution in [3.63, 3.8) is 0 Å². The molecule has 0 atom stereocenters. The fraction of sp³-hybridized carbons (Fsp3) is 0.308. The van der Waals surface area contributed by atoms with Gasteiger partial charge in [0.05, 0.1) is 35.2 Å². The summed E-state index contributed by atoms with van der Waals surface area (Å²) in [6.07, 6.45) is 0. The summed E-state index contributed by atoms with van der Waals surface area (Å²) < 4.78 is 21.0. The van der Waals surface area contributed by atoms with Gasteiger partial charge in [0.2, 0.25) is 0 Å². The van der Waals surface area contributed by atoms with Gasteiger partial charge in [0, 0.05) is 13.1 Å². The van der Waals surface area contributed by atoms with Gasteiger partial charge in [-0.05, 0) is 35.0 Å². The van der Waals surface area contributed by atoms with E-state index in [1.54, 1.807) is 6.07 Å². The lowest BCUT2D eigenvalue weighted by Crippen LogP contribution is -2.07. The van der Waals surface area contributed by atoms with E-state index >= 15 is 0 Å². The smallest absolute Gasteiger partial charge is 0.144 e. The van der Waals surface area contributed by atoms with Crippen LogP contribution in [0.15, 0.2) is 22.7 Å². The number of nitrogens with zero attached hydrogens (tertiary/aromatic N) is 2. The highest BCUT2D eigenvalue weighted by Crippen LogP contribution is 2.27. The second kappa shape index (κ2) is 5.61. The van der Waals surface area contributed by atoms with Crippen LogP contribution in [0.3, 0.4) is 0 Å². The van der Waals surface area contributed by atoms with E-state index in [4.69, 9.17) is 4.74 Å². The molecule has 1 heterocycles. The monoisotopic (exact) mass is 327 g/mol. The number of halogens is 2. The lowest BCUT2D eigenvalue weighted by molar-refractivity contribution is 0.413. The average Bonchev–Trinajstić information content (AvgIpc) is 2.62. The van der Waals surface area contributed by atoms with E-state index < -0.39 is 0 Å². The van der Waals surface area contributed by atoms with Crippen molar-refractivity contribution in [2.45, 2.75) is 13.5 Å². The Bertz CT molecular complexity index is 598. The minimum Gasteiger partial charge on any atom is -0.494 e. The Kier molecular flexibility index (Phi) is 4.09. The molecule has 0 saturated carbocycles. The van der Waals surface area contributed by atoms with Crippen molar-refractivity contribution in [1.82, 2.24) is 9.78 Å². The fourth-order valence-corrected chi connectivity index (χ4v) is 2.34. The number of hydrogen-bond donors (Lipinski definition) is 1. The zero-order chi connectivity index (χ0) is 14.0. The van der Waals surface area contributed by atoms with Crippen molar-refractivity contribution in [2.24, 2.45) is 7.05 Å². The van der Waals surface area contributed by atoms with Gasteiger partial charge in [0.1, 0.15) is 11.6 Å². The summed E-state index contributed by atoms with van der Waals surface area (Å²) >= 11 is 3.51. The number of aryl methyl sites for hydroxylation is 2. The van der Waals surface area contributed by atoms with E-state index in [-0.39, 0.29) is 5.82 Å². The number of methoxy groups -OCH3 is 1. The summed E-state index contributed by atoms with van der Waals surface area (Å²) in [6.45, 7) is 2.51. The van der Waals surface area contributed by atoms with Crippen LogP contribution in [0.25, 0.3) is 0 Å². The summed E-state index contributed by atoms with van der Waals surface area (Å²) in [4.78, 5) is 0. The maximum atomic E-state index is 13.1. The summed E-state index contributed by atoms with van der Waals surface area (Å²) in [5.74, 6) is 0.162. The molecule has 0 saturated heterocycles. The minimum absolute atomic E-state index is 0.319. The SMILES string of the molecule is COc1cc(F)ccc1NCc1c(Br)c(C)nn1C. The van der Waals surface area contributed by atoms with Gasteiger partial charge >= 0.3 is 0 Å². The minimum atomic E-state index is -0.319. The zero-order valence-corrected chi connectivity index (χ0v) is 12.6. The first-order valence-corrected chi connectivity index (χ1v) is 6.57. The van der Waals surface area contributed by atoms with Crippen LogP contribution in [-0.4, -0.2) is 16.9 Å². The van der Waals surface area contributed by atoms with Gasteiger partial charge in [-0.2, -0.15) is 5.10 Å². The Morgan fingerprint density at radius 1 is 1.47 bits per heavy atom. The molecule has 1 aromatic carbocycles. The molecule has 0 radical (unpaired) electrons. The Morgan fingerprint density at radius 3 is 2.79 bits per heavy atom. The molecule has 0 bridgehead atoms. The second-order valence-corrected chi connectivity index (χ2v) is 4.96. The Morgan fingerprint density at radius 2 is 2.21 bits per heavy atom. The highest BCUT2D eigenvalue weighted by molar-refractivity contribution is 9.10. The lowest BCUT2D eigenvalue weighted by Gasteiger charge is -2.11. The highest BCUT2D eigenvalue weighted by atomic mass is 79.9. The topological polar surface area (TPSA) is 39.1 Å². The molecule has 6 heteroatoms. The molecule has 102 valence electrons. The molecule has 4 nitrogen and oxygen atoms in total. The number of nitrogens with one attached hydrogen (secondary N) is 1. The molecule has 0 aliphatic carbocycles. The lowest BCUT2D eigenvalue weighted by atomic mass is 10.2. The van der Waals surface area contributed by atoms with Crippen LogP contribution < -0.4 is 10.1 Å².